The zero-order valence-corrected chi connectivity index (χ0v) is 14.5. The number of hydrogen-bond acceptors (Lipinski definition) is 2. The average molecular weight is 358 g/mol. The molecule has 0 spiro atoms. The van der Waals surface area contributed by atoms with Gasteiger partial charge >= 0.3 is 6.03 Å². The molecule has 0 aromatic heterocycles. The fourth-order valence-corrected chi connectivity index (χ4v) is 3.00. The molecule has 2 aromatic carbocycles. The topological polar surface area (TPSA) is 61.4 Å². The first kappa shape index (κ1) is 17.3. The molecule has 25 heavy (non-hydrogen) atoms. The normalized spacial score (nSPS) is 17.0. The van der Waals surface area contributed by atoms with Crippen LogP contribution in [0.1, 0.15) is 12.8 Å². The lowest BCUT2D eigenvalue weighted by Crippen LogP contribution is -2.45. The maximum atomic E-state index is 12.4. The summed E-state index contributed by atoms with van der Waals surface area (Å²) in [6.45, 7) is 1.06. The molecule has 2 N–H and O–H groups in total. The Kier molecular flexibility index (Phi) is 5.56. The second kappa shape index (κ2) is 8.03. The Morgan fingerprint density at radius 3 is 2.36 bits per heavy atom. The van der Waals surface area contributed by atoms with Crippen LogP contribution in [0.4, 0.5) is 16.2 Å². The number of carbonyl (C=O) groups is 2. The Morgan fingerprint density at radius 2 is 1.64 bits per heavy atom. The van der Waals surface area contributed by atoms with E-state index in [0.29, 0.717) is 23.8 Å². The molecule has 6 heteroatoms. The molecule has 5 nitrogen and oxygen atoms in total. The number of rotatable bonds is 3. The van der Waals surface area contributed by atoms with Gasteiger partial charge in [-0.3, -0.25) is 4.79 Å². The molecule has 1 fully saturated rings. The molecule has 0 aliphatic carbocycles. The van der Waals surface area contributed by atoms with Crippen LogP contribution < -0.4 is 10.6 Å². The van der Waals surface area contributed by atoms with Gasteiger partial charge in [0, 0.05) is 29.5 Å². The predicted molar refractivity (Wildman–Crippen MR) is 99.8 cm³/mol. The molecule has 130 valence electrons. The maximum absolute atomic E-state index is 12.4. The van der Waals surface area contributed by atoms with Gasteiger partial charge in [-0.05, 0) is 49.2 Å². The van der Waals surface area contributed by atoms with Crippen LogP contribution in [0.5, 0.6) is 0 Å². The average Bonchev–Trinajstić information content (AvgIpc) is 2.64. The summed E-state index contributed by atoms with van der Waals surface area (Å²) in [5.41, 5.74) is 1.46. The van der Waals surface area contributed by atoms with E-state index in [4.69, 9.17) is 11.6 Å². The first-order valence-corrected chi connectivity index (χ1v) is 8.67. The van der Waals surface area contributed by atoms with Crippen molar-refractivity contribution in [3.8, 4) is 0 Å². The van der Waals surface area contributed by atoms with Crippen LogP contribution in [0.3, 0.4) is 0 Å². The molecule has 1 heterocycles. The molecule has 0 bridgehead atoms. The lowest BCUT2D eigenvalue weighted by atomic mass is 9.97. The third kappa shape index (κ3) is 4.73. The minimum absolute atomic E-state index is 0.0461. The van der Waals surface area contributed by atoms with Gasteiger partial charge in [0.05, 0.1) is 5.92 Å². The lowest BCUT2D eigenvalue weighted by molar-refractivity contribution is -0.121. The first-order valence-electron chi connectivity index (χ1n) is 8.29. The number of likely N-dealkylation sites (tertiary alicyclic amines) is 1. The fourth-order valence-electron chi connectivity index (χ4n) is 2.88. The van der Waals surface area contributed by atoms with Gasteiger partial charge in [-0.15, -0.1) is 0 Å². The number of amides is 3. The van der Waals surface area contributed by atoms with Gasteiger partial charge in [0.25, 0.3) is 0 Å². The van der Waals surface area contributed by atoms with Crippen molar-refractivity contribution in [2.75, 3.05) is 23.7 Å². The number of nitrogens with zero attached hydrogens (tertiary/aromatic N) is 1. The molecule has 0 radical (unpaired) electrons. The van der Waals surface area contributed by atoms with Crippen LogP contribution in [-0.4, -0.2) is 29.9 Å². The number of nitrogens with one attached hydrogen (secondary N) is 2. The van der Waals surface area contributed by atoms with E-state index in [1.54, 1.807) is 29.2 Å². The number of halogens is 1. The lowest BCUT2D eigenvalue weighted by Gasteiger charge is -2.32. The highest BCUT2D eigenvalue weighted by Gasteiger charge is 2.28. The second-order valence-electron chi connectivity index (χ2n) is 6.08. The van der Waals surface area contributed by atoms with Crippen molar-refractivity contribution < 1.29 is 9.59 Å². The van der Waals surface area contributed by atoms with E-state index in [1.165, 1.54) is 0 Å². The highest BCUT2D eigenvalue weighted by atomic mass is 35.5. The molecular formula is C19H20ClN3O2. The number of para-hydroxylation sites is 1. The number of anilines is 2. The Bertz CT molecular complexity index is 734. The van der Waals surface area contributed by atoms with Crippen molar-refractivity contribution in [2.24, 2.45) is 5.92 Å². The first-order chi connectivity index (χ1) is 12.1. The number of piperidine rings is 1. The van der Waals surface area contributed by atoms with Gasteiger partial charge in [-0.25, -0.2) is 4.79 Å². The molecule has 2 aromatic rings. The van der Waals surface area contributed by atoms with Gasteiger partial charge in [0.1, 0.15) is 0 Å². The molecule has 1 saturated heterocycles. The Balaban J connectivity index is 1.57. The maximum Gasteiger partial charge on any atom is 0.321 e. The summed E-state index contributed by atoms with van der Waals surface area (Å²) in [5.74, 6) is -0.250. The molecule has 0 saturated carbocycles. The van der Waals surface area contributed by atoms with Crippen LogP contribution in [0.2, 0.25) is 5.02 Å². The van der Waals surface area contributed by atoms with Crippen molar-refractivity contribution in [2.45, 2.75) is 12.8 Å². The summed E-state index contributed by atoms with van der Waals surface area (Å²) in [4.78, 5) is 26.6. The van der Waals surface area contributed by atoms with Crippen molar-refractivity contribution in [3.05, 3.63) is 59.6 Å². The van der Waals surface area contributed by atoms with E-state index >= 15 is 0 Å². The fraction of sp³-hybridized carbons (Fsp3) is 0.263. The van der Waals surface area contributed by atoms with Crippen molar-refractivity contribution >= 4 is 34.9 Å². The molecule has 1 unspecified atom stereocenters. The summed E-state index contributed by atoms with van der Waals surface area (Å²) < 4.78 is 0. The highest BCUT2D eigenvalue weighted by molar-refractivity contribution is 6.30. The van der Waals surface area contributed by atoms with Gasteiger partial charge in [0.15, 0.2) is 0 Å². The SMILES string of the molecule is O=C(Nc1ccccc1)C1CCCN(C(=O)Nc2ccc(Cl)cc2)C1. The van der Waals surface area contributed by atoms with Gasteiger partial charge in [0.2, 0.25) is 5.91 Å². The van der Waals surface area contributed by atoms with E-state index in [1.807, 2.05) is 30.3 Å². The third-order valence-electron chi connectivity index (χ3n) is 4.22. The zero-order chi connectivity index (χ0) is 17.6. The van der Waals surface area contributed by atoms with Crippen LogP contribution in [0.15, 0.2) is 54.6 Å². The van der Waals surface area contributed by atoms with Crippen molar-refractivity contribution in [1.82, 2.24) is 4.90 Å². The number of hydrogen-bond donors (Lipinski definition) is 2. The van der Waals surface area contributed by atoms with Crippen LogP contribution in [-0.2, 0) is 4.79 Å². The smallest absolute Gasteiger partial charge is 0.321 e. The molecule has 3 amide bonds. The largest absolute Gasteiger partial charge is 0.326 e. The van der Waals surface area contributed by atoms with Crippen molar-refractivity contribution in [3.63, 3.8) is 0 Å². The monoisotopic (exact) mass is 357 g/mol. The van der Waals surface area contributed by atoms with E-state index in [2.05, 4.69) is 10.6 Å². The number of urea groups is 1. The van der Waals surface area contributed by atoms with E-state index in [-0.39, 0.29) is 17.9 Å². The summed E-state index contributed by atoms with van der Waals surface area (Å²) in [5, 5.41) is 6.38. The van der Waals surface area contributed by atoms with E-state index in [9.17, 15) is 9.59 Å². The summed E-state index contributed by atoms with van der Waals surface area (Å²) in [6.07, 6.45) is 1.59. The van der Waals surface area contributed by atoms with Gasteiger partial charge < -0.3 is 15.5 Å². The molecule has 1 aliphatic heterocycles. The quantitative estimate of drug-likeness (QED) is 0.863. The third-order valence-corrected chi connectivity index (χ3v) is 4.47. The standard InChI is InChI=1S/C19H20ClN3O2/c20-15-8-10-17(11-9-15)22-19(25)23-12-4-5-14(13-23)18(24)21-16-6-2-1-3-7-16/h1-3,6-11,14H,4-5,12-13H2,(H,21,24)(H,22,25). The molecule has 1 aliphatic rings. The highest BCUT2D eigenvalue weighted by Crippen LogP contribution is 2.20. The molecular weight excluding hydrogens is 338 g/mol. The Morgan fingerprint density at radius 1 is 0.960 bits per heavy atom. The summed E-state index contributed by atoms with van der Waals surface area (Å²) in [6, 6.07) is 16.1. The summed E-state index contributed by atoms with van der Waals surface area (Å²) in [7, 11) is 0. The Labute approximate surface area is 152 Å². The van der Waals surface area contributed by atoms with Crippen molar-refractivity contribution in [1.29, 1.82) is 0 Å². The Hall–Kier alpha value is -2.53. The van der Waals surface area contributed by atoms with Crippen LogP contribution >= 0.6 is 11.6 Å². The summed E-state index contributed by atoms with van der Waals surface area (Å²) >= 11 is 5.85. The minimum atomic E-state index is -0.204. The number of carbonyl (C=O) groups excluding carboxylic acids is 2. The zero-order valence-electron chi connectivity index (χ0n) is 13.7. The molecule has 1 atom stereocenters. The van der Waals surface area contributed by atoms with E-state index < -0.39 is 0 Å². The van der Waals surface area contributed by atoms with Gasteiger partial charge in [-0.2, -0.15) is 0 Å². The van der Waals surface area contributed by atoms with Gasteiger partial charge in [-0.1, -0.05) is 29.8 Å². The predicted octanol–water partition coefficient (Wildman–Crippen LogP) is 4.22. The van der Waals surface area contributed by atoms with E-state index in [0.717, 1.165) is 18.5 Å². The second-order valence-corrected chi connectivity index (χ2v) is 6.51. The van der Waals surface area contributed by atoms with Crippen LogP contribution in [0, 0.1) is 5.92 Å². The molecule has 3 rings (SSSR count). The minimum Gasteiger partial charge on any atom is -0.326 e. The number of benzene rings is 2. The van der Waals surface area contributed by atoms with Crippen LogP contribution in [0.25, 0.3) is 0 Å².